The molecule has 208 valence electrons. The molecule has 0 radical (unpaired) electrons. The van der Waals surface area contributed by atoms with Crippen molar-refractivity contribution in [2.45, 2.75) is 6.92 Å². The molecule has 0 fully saturated rings. The van der Waals surface area contributed by atoms with Crippen molar-refractivity contribution in [1.82, 2.24) is 0 Å². The molecule has 0 saturated heterocycles. The molecule has 0 amide bonds. The minimum atomic E-state index is 0.807. The quantitative estimate of drug-likeness (QED) is 0.131. The molecule has 0 unspecified atom stereocenters. The van der Waals surface area contributed by atoms with E-state index in [1.54, 1.807) is 6.08 Å². The van der Waals surface area contributed by atoms with E-state index in [0.717, 1.165) is 77.5 Å². The third-order valence-corrected chi connectivity index (χ3v) is 7.99. The van der Waals surface area contributed by atoms with Gasteiger partial charge in [0.25, 0.3) is 0 Å². The van der Waals surface area contributed by atoms with Crippen molar-refractivity contribution in [3.8, 4) is 33.4 Å². The Kier molecular flexibility index (Phi) is 8.46. The van der Waals surface area contributed by atoms with Crippen LogP contribution in [-0.4, -0.2) is 6.21 Å². The van der Waals surface area contributed by atoms with E-state index in [-0.39, 0.29) is 0 Å². The van der Waals surface area contributed by atoms with Crippen LogP contribution < -0.4 is 0 Å². The molecule has 1 N–H and O–H groups in total. The fourth-order valence-corrected chi connectivity index (χ4v) is 5.97. The monoisotopic (exact) mass is 553 g/mol. The summed E-state index contributed by atoms with van der Waals surface area (Å²) < 4.78 is 0. The predicted octanol–water partition coefficient (Wildman–Crippen LogP) is 11.9. The summed E-state index contributed by atoms with van der Waals surface area (Å²) in [5.74, 6) is 0. The van der Waals surface area contributed by atoms with Gasteiger partial charge in [0.1, 0.15) is 0 Å². The highest BCUT2D eigenvalue weighted by Gasteiger charge is 2.21. The minimum Gasteiger partial charge on any atom is -0.308 e. The van der Waals surface area contributed by atoms with Gasteiger partial charge in [-0.25, -0.2) is 0 Å². The van der Waals surface area contributed by atoms with Gasteiger partial charge in [0, 0.05) is 6.21 Å². The molecule has 0 aliphatic carbocycles. The van der Waals surface area contributed by atoms with Crippen LogP contribution in [0, 0.1) is 12.3 Å². The zero-order chi connectivity index (χ0) is 30.5. The lowest BCUT2D eigenvalue weighted by Crippen LogP contribution is -1.99. The highest BCUT2D eigenvalue weighted by molar-refractivity contribution is 6.13. The Morgan fingerprint density at radius 2 is 1.07 bits per heavy atom. The van der Waals surface area contributed by atoms with E-state index in [4.69, 9.17) is 5.41 Å². The zero-order valence-corrected chi connectivity index (χ0v) is 24.7. The molecule has 0 aliphatic heterocycles. The van der Waals surface area contributed by atoms with Crippen molar-refractivity contribution in [2.75, 3.05) is 0 Å². The zero-order valence-electron chi connectivity index (χ0n) is 24.7. The first-order valence-corrected chi connectivity index (χ1v) is 14.3. The predicted molar refractivity (Wildman–Crippen MR) is 192 cm³/mol. The maximum absolute atomic E-state index is 7.80. The molecule has 0 saturated carbocycles. The van der Waals surface area contributed by atoms with Crippen LogP contribution in [0.1, 0.15) is 33.4 Å². The van der Waals surface area contributed by atoms with Crippen LogP contribution in [0.5, 0.6) is 0 Å². The van der Waals surface area contributed by atoms with Gasteiger partial charge in [0.05, 0.1) is 0 Å². The highest BCUT2D eigenvalue weighted by atomic mass is 14.3. The molecular weight excluding hydrogens is 518 g/mol. The molecule has 43 heavy (non-hydrogen) atoms. The first-order chi connectivity index (χ1) is 21.0. The normalized spacial score (nSPS) is 11.1. The van der Waals surface area contributed by atoms with E-state index >= 15 is 0 Å². The topological polar surface area (TPSA) is 23.9 Å². The van der Waals surface area contributed by atoms with Crippen LogP contribution in [0.4, 0.5) is 0 Å². The third-order valence-electron chi connectivity index (χ3n) is 7.99. The van der Waals surface area contributed by atoms with Gasteiger partial charge >= 0.3 is 0 Å². The van der Waals surface area contributed by atoms with Crippen LogP contribution in [0.25, 0.3) is 74.0 Å². The minimum absolute atomic E-state index is 0.807. The first-order valence-electron chi connectivity index (χ1n) is 14.3. The van der Waals surface area contributed by atoms with E-state index < -0.39 is 0 Å². The van der Waals surface area contributed by atoms with E-state index in [0.29, 0.717) is 0 Å². The number of hydrogen-bond donors (Lipinski definition) is 1. The lowest BCUT2D eigenvalue weighted by atomic mass is 9.80. The molecule has 5 aromatic carbocycles. The number of nitrogens with one attached hydrogen (secondary N) is 1. The second kappa shape index (κ2) is 12.5. The molecule has 0 bridgehead atoms. The maximum Gasteiger partial charge on any atom is 0.0256 e. The lowest BCUT2D eigenvalue weighted by molar-refractivity contribution is 1.46. The number of hydrogen-bond acceptors (Lipinski definition) is 1. The number of fused-ring (bicyclic) bond motifs is 1. The lowest BCUT2D eigenvalue weighted by Gasteiger charge is -2.23. The summed E-state index contributed by atoms with van der Waals surface area (Å²) in [7, 11) is 0. The summed E-state index contributed by atoms with van der Waals surface area (Å²) in [6, 6.07) is 29.8. The van der Waals surface area contributed by atoms with E-state index in [9.17, 15) is 0 Å². The van der Waals surface area contributed by atoms with Crippen molar-refractivity contribution in [1.29, 1.82) is 5.41 Å². The van der Waals surface area contributed by atoms with Gasteiger partial charge < -0.3 is 5.41 Å². The van der Waals surface area contributed by atoms with Crippen LogP contribution >= 0.6 is 0 Å². The van der Waals surface area contributed by atoms with Crippen LogP contribution in [0.3, 0.4) is 0 Å². The Bertz CT molecular complexity index is 1940. The van der Waals surface area contributed by atoms with Crippen molar-refractivity contribution in [3.05, 3.63) is 163 Å². The number of rotatable bonds is 10. The van der Waals surface area contributed by atoms with Crippen LogP contribution in [-0.2, 0) is 0 Å². The average Bonchev–Trinajstić information content (AvgIpc) is 3.05. The molecule has 0 spiro atoms. The van der Waals surface area contributed by atoms with E-state index in [1.165, 1.54) is 11.8 Å². The summed E-state index contributed by atoms with van der Waals surface area (Å²) in [5, 5.41) is 10.0. The largest absolute Gasteiger partial charge is 0.308 e. The van der Waals surface area contributed by atoms with Crippen molar-refractivity contribution < 1.29 is 0 Å². The summed E-state index contributed by atoms with van der Waals surface area (Å²) in [5.41, 5.74) is 13.7. The molecule has 5 aromatic rings. The molecular formula is C42H35N. The number of aryl methyl sites for hydroxylation is 1. The second-order valence-corrected chi connectivity index (χ2v) is 10.4. The van der Waals surface area contributed by atoms with Gasteiger partial charge in [-0.1, -0.05) is 160 Å². The Morgan fingerprint density at radius 1 is 0.558 bits per heavy atom. The smallest absolute Gasteiger partial charge is 0.0256 e. The van der Waals surface area contributed by atoms with Gasteiger partial charge in [0.2, 0.25) is 0 Å². The summed E-state index contributed by atoms with van der Waals surface area (Å²) in [6.07, 6.45) is 12.6. The fraction of sp³-hybridized carbons (Fsp3) is 0.0238. The molecule has 0 heterocycles. The van der Waals surface area contributed by atoms with Crippen LogP contribution in [0.15, 0.2) is 130 Å². The first kappa shape index (κ1) is 29.0. The van der Waals surface area contributed by atoms with Gasteiger partial charge in [-0.05, 0) is 84.5 Å². The summed E-state index contributed by atoms with van der Waals surface area (Å²) in [6.45, 7) is 22.8. The average molecular weight is 554 g/mol. The molecule has 1 nitrogen and oxygen atoms in total. The molecule has 5 rings (SSSR count). The van der Waals surface area contributed by atoms with E-state index in [1.807, 2.05) is 30.4 Å². The highest BCUT2D eigenvalue weighted by Crippen LogP contribution is 2.46. The van der Waals surface area contributed by atoms with Crippen LogP contribution in [0.2, 0.25) is 0 Å². The van der Waals surface area contributed by atoms with Gasteiger partial charge in [-0.15, -0.1) is 0 Å². The Hall–Kier alpha value is -5.53. The summed E-state index contributed by atoms with van der Waals surface area (Å²) >= 11 is 0. The van der Waals surface area contributed by atoms with Gasteiger partial charge in [0.15, 0.2) is 0 Å². The number of allylic oxidation sites excluding steroid dienone is 3. The SMILES string of the molecule is C=C/C=C(\C=N)c1ccc(-c2c(C=C)c(C=C)c(-c3ccc(-c4ccc(C)cc4)c(C=C)c3C=C)c3ccccc23)cc1. The molecule has 0 atom stereocenters. The maximum atomic E-state index is 7.80. The summed E-state index contributed by atoms with van der Waals surface area (Å²) in [4.78, 5) is 0. The fourth-order valence-electron chi connectivity index (χ4n) is 5.97. The van der Waals surface area contributed by atoms with Gasteiger partial charge in [-0.2, -0.15) is 0 Å². The van der Waals surface area contributed by atoms with Gasteiger partial charge in [-0.3, -0.25) is 0 Å². The van der Waals surface area contributed by atoms with E-state index in [2.05, 4.69) is 125 Å². The Balaban J connectivity index is 1.82. The molecule has 0 aliphatic rings. The van der Waals surface area contributed by atoms with Crippen molar-refractivity contribution >= 4 is 46.9 Å². The standard InChI is InChI=1S/C42H35N/c1-7-14-32(27-43)29-21-23-31(24-22-29)41-35(10-4)36(11-5)42(39-16-13-12-15-38(39)41)40-26-25-37(33(8-2)34(40)9-3)30-19-17-28(6)18-20-30/h7-27,43H,1-5H2,6H3/b32-14+,43-27?. The molecule has 1 heteroatoms. The van der Waals surface area contributed by atoms with Crippen molar-refractivity contribution in [2.24, 2.45) is 0 Å². The third kappa shape index (κ3) is 5.18. The number of benzene rings is 5. The Morgan fingerprint density at radius 3 is 1.63 bits per heavy atom. The second-order valence-electron chi connectivity index (χ2n) is 10.4. The Labute approximate surface area is 255 Å². The molecule has 0 aromatic heterocycles. The van der Waals surface area contributed by atoms with Crippen molar-refractivity contribution in [3.63, 3.8) is 0 Å².